The highest BCUT2D eigenvalue weighted by molar-refractivity contribution is 5.97. The number of Topliss-reactive ketones (excluding diaryl/α,β-unsaturated/α-hetero) is 1. The summed E-state index contributed by atoms with van der Waals surface area (Å²) in [4.78, 5) is 22.0. The number of carboxylic acid groups (broad SMARTS) is 1. The Morgan fingerprint density at radius 3 is 1.85 bits per heavy atom. The maximum atomic E-state index is 11.2. The number of carbonyl (C=O) groups excluding carboxylic acids is 1. The molecule has 0 saturated heterocycles. The summed E-state index contributed by atoms with van der Waals surface area (Å²) in [5.41, 5.74) is 6.99. The lowest BCUT2D eigenvalue weighted by atomic mass is 10.1. The van der Waals surface area contributed by atoms with Crippen molar-refractivity contribution in [2.24, 2.45) is 5.73 Å². The second kappa shape index (κ2) is 7.49. The molecule has 5 nitrogen and oxygen atoms in total. The van der Waals surface area contributed by atoms with E-state index in [1.54, 1.807) is 12.1 Å². The van der Waals surface area contributed by atoms with Crippen LogP contribution >= 0.6 is 0 Å². The van der Waals surface area contributed by atoms with Crippen LogP contribution in [-0.4, -0.2) is 43.7 Å². The second-order valence-electron chi connectivity index (χ2n) is 3.87. The number of nitrogens with zero attached hydrogens (tertiary/aromatic N) is 1. The summed E-state index contributed by atoms with van der Waals surface area (Å²) >= 11 is 0. The molecule has 0 aliphatic rings. The zero-order valence-electron chi connectivity index (χ0n) is 10.9. The number of anilines is 1. The lowest BCUT2D eigenvalue weighted by Crippen LogP contribution is -2.21. The molecule has 8 heteroatoms. The van der Waals surface area contributed by atoms with Gasteiger partial charge in [0.25, 0.3) is 0 Å². The SMILES string of the molecule is CN(C)c1ccc(C(=O)CN)cc1.O=C(O)C(F)(F)F. The van der Waals surface area contributed by atoms with Crippen LogP contribution in [0, 0.1) is 0 Å². The number of hydrogen-bond donors (Lipinski definition) is 2. The Bertz CT molecular complexity index is 456. The molecular weight excluding hydrogens is 277 g/mol. The predicted molar refractivity (Wildman–Crippen MR) is 67.8 cm³/mol. The van der Waals surface area contributed by atoms with E-state index in [1.165, 1.54) is 0 Å². The van der Waals surface area contributed by atoms with E-state index in [2.05, 4.69) is 0 Å². The van der Waals surface area contributed by atoms with Gasteiger partial charge in [-0.25, -0.2) is 4.79 Å². The van der Waals surface area contributed by atoms with Crippen LogP contribution in [0.25, 0.3) is 0 Å². The average molecular weight is 292 g/mol. The van der Waals surface area contributed by atoms with Crippen LogP contribution in [0.2, 0.25) is 0 Å². The number of rotatable bonds is 3. The third kappa shape index (κ3) is 6.19. The fourth-order valence-electron chi connectivity index (χ4n) is 1.06. The van der Waals surface area contributed by atoms with Crippen molar-refractivity contribution in [3.05, 3.63) is 29.8 Å². The Morgan fingerprint density at radius 1 is 1.20 bits per heavy atom. The van der Waals surface area contributed by atoms with Crippen LogP contribution in [0.15, 0.2) is 24.3 Å². The maximum Gasteiger partial charge on any atom is 0.490 e. The summed E-state index contributed by atoms with van der Waals surface area (Å²) in [6.45, 7) is 0.0707. The van der Waals surface area contributed by atoms with Gasteiger partial charge >= 0.3 is 12.1 Å². The van der Waals surface area contributed by atoms with Gasteiger partial charge in [0.15, 0.2) is 5.78 Å². The quantitative estimate of drug-likeness (QED) is 0.825. The first kappa shape index (κ1) is 17.9. The molecule has 0 bridgehead atoms. The number of hydrogen-bond acceptors (Lipinski definition) is 4. The van der Waals surface area contributed by atoms with Gasteiger partial charge in [0, 0.05) is 25.3 Å². The first-order valence-corrected chi connectivity index (χ1v) is 5.40. The molecule has 0 aromatic heterocycles. The number of aliphatic carboxylic acids is 1. The largest absolute Gasteiger partial charge is 0.490 e. The molecule has 112 valence electrons. The topological polar surface area (TPSA) is 83.6 Å². The number of ketones is 1. The molecular formula is C12H15F3N2O3. The standard InChI is InChI=1S/C10H14N2O.C2HF3O2/c1-12(2)9-5-3-8(4-6-9)10(13)7-11;3-2(4,5)1(6)7/h3-6H,7,11H2,1-2H3;(H,6,7). The molecule has 0 unspecified atom stereocenters. The van der Waals surface area contributed by atoms with Gasteiger partial charge in [0.1, 0.15) is 0 Å². The number of halogens is 3. The molecule has 0 radical (unpaired) electrons. The third-order valence-corrected chi connectivity index (χ3v) is 2.13. The van der Waals surface area contributed by atoms with E-state index in [1.807, 2.05) is 31.1 Å². The number of carbonyl (C=O) groups is 2. The van der Waals surface area contributed by atoms with Crippen molar-refractivity contribution >= 4 is 17.4 Å². The summed E-state index contributed by atoms with van der Waals surface area (Å²) in [6, 6.07) is 7.40. The molecule has 20 heavy (non-hydrogen) atoms. The molecule has 1 rings (SSSR count). The summed E-state index contributed by atoms with van der Waals surface area (Å²) in [6.07, 6.45) is -5.08. The van der Waals surface area contributed by atoms with Gasteiger partial charge in [-0.2, -0.15) is 13.2 Å². The molecule has 0 aliphatic heterocycles. The molecule has 0 heterocycles. The Balaban J connectivity index is 0.000000441. The van der Waals surface area contributed by atoms with Crippen LogP contribution in [0.3, 0.4) is 0 Å². The van der Waals surface area contributed by atoms with Gasteiger partial charge in [-0.3, -0.25) is 4.79 Å². The van der Waals surface area contributed by atoms with Crippen molar-refractivity contribution in [3.63, 3.8) is 0 Å². The molecule has 0 spiro atoms. The van der Waals surface area contributed by atoms with Crippen LogP contribution in [0.5, 0.6) is 0 Å². The van der Waals surface area contributed by atoms with Gasteiger partial charge in [0.2, 0.25) is 0 Å². The van der Waals surface area contributed by atoms with E-state index in [0.29, 0.717) is 5.56 Å². The third-order valence-electron chi connectivity index (χ3n) is 2.13. The molecule has 0 atom stereocenters. The highest BCUT2D eigenvalue weighted by atomic mass is 19.4. The van der Waals surface area contributed by atoms with Crippen LogP contribution < -0.4 is 10.6 Å². The minimum atomic E-state index is -5.08. The van der Waals surface area contributed by atoms with Crippen LogP contribution in [-0.2, 0) is 4.79 Å². The van der Waals surface area contributed by atoms with Crippen molar-refractivity contribution in [2.75, 3.05) is 25.5 Å². The van der Waals surface area contributed by atoms with E-state index in [9.17, 15) is 18.0 Å². The van der Waals surface area contributed by atoms with Crippen molar-refractivity contribution in [1.29, 1.82) is 0 Å². The Hall–Kier alpha value is -2.09. The zero-order chi connectivity index (χ0) is 15.9. The van der Waals surface area contributed by atoms with Crippen molar-refractivity contribution in [3.8, 4) is 0 Å². The van der Waals surface area contributed by atoms with Gasteiger partial charge < -0.3 is 15.7 Å². The predicted octanol–water partition coefficient (Wildman–Crippen LogP) is 1.53. The van der Waals surface area contributed by atoms with Crippen LogP contribution in [0.1, 0.15) is 10.4 Å². The van der Waals surface area contributed by atoms with E-state index in [0.717, 1.165) is 5.69 Å². The molecule has 0 amide bonds. The molecule has 0 fully saturated rings. The normalized spacial score (nSPS) is 10.3. The van der Waals surface area contributed by atoms with Crippen molar-refractivity contribution in [1.82, 2.24) is 0 Å². The monoisotopic (exact) mass is 292 g/mol. The summed E-state index contributed by atoms with van der Waals surface area (Å²) in [5, 5.41) is 7.12. The highest BCUT2D eigenvalue weighted by Gasteiger charge is 2.38. The number of carboxylic acids is 1. The molecule has 0 saturated carbocycles. The molecule has 3 N–H and O–H groups in total. The minimum absolute atomic E-state index is 0.0229. The lowest BCUT2D eigenvalue weighted by Gasteiger charge is -2.12. The lowest BCUT2D eigenvalue weighted by molar-refractivity contribution is -0.192. The van der Waals surface area contributed by atoms with Gasteiger partial charge in [0.05, 0.1) is 6.54 Å². The van der Waals surface area contributed by atoms with Crippen LogP contribution in [0.4, 0.5) is 18.9 Å². The zero-order valence-corrected chi connectivity index (χ0v) is 10.9. The second-order valence-corrected chi connectivity index (χ2v) is 3.87. The Labute approximate surface area is 113 Å². The minimum Gasteiger partial charge on any atom is -0.475 e. The highest BCUT2D eigenvalue weighted by Crippen LogP contribution is 2.13. The smallest absolute Gasteiger partial charge is 0.475 e. The fraction of sp³-hybridized carbons (Fsp3) is 0.333. The van der Waals surface area contributed by atoms with E-state index >= 15 is 0 Å². The number of alkyl halides is 3. The van der Waals surface area contributed by atoms with E-state index in [-0.39, 0.29) is 12.3 Å². The maximum absolute atomic E-state index is 11.2. The molecule has 0 aliphatic carbocycles. The van der Waals surface area contributed by atoms with Gasteiger partial charge in [-0.1, -0.05) is 0 Å². The molecule has 1 aromatic carbocycles. The van der Waals surface area contributed by atoms with Crippen molar-refractivity contribution in [2.45, 2.75) is 6.18 Å². The summed E-state index contributed by atoms with van der Waals surface area (Å²) < 4.78 is 31.7. The Kier molecular flexibility index (Phi) is 6.70. The first-order chi connectivity index (χ1) is 9.09. The fourth-order valence-corrected chi connectivity index (χ4v) is 1.06. The Morgan fingerprint density at radius 2 is 1.60 bits per heavy atom. The summed E-state index contributed by atoms with van der Waals surface area (Å²) in [7, 11) is 3.92. The average Bonchev–Trinajstić information content (AvgIpc) is 2.37. The molecule has 1 aromatic rings. The van der Waals surface area contributed by atoms with E-state index in [4.69, 9.17) is 15.6 Å². The van der Waals surface area contributed by atoms with Gasteiger partial charge in [-0.15, -0.1) is 0 Å². The number of nitrogens with two attached hydrogens (primary N) is 1. The summed E-state index contributed by atoms with van der Waals surface area (Å²) in [5.74, 6) is -2.78. The van der Waals surface area contributed by atoms with Gasteiger partial charge in [-0.05, 0) is 24.3 Å². The van der Waals surface area contributed by atoms with E-state index < -0.39 is 12.1 Å². The first-order valence-electron chi connectivity index (χ1n) is 5.40. The number of benzene rings is 1. The van der Waals surface area contributed by atoms with Crippen molar-refractivity contribution < 1.29 is 27.9 Å².